The summed E-state index contributed by atoms with van der Waals surface area (Å²) in [7, 11) is 4.26. The molecule has 7 nitrogen and oxygen atoms in total. The zero-order valence-electron chi connectivity index (χ0n) is 20.5. The second-order valence-electron chi connectivity index (χ2n) is 8.89. The summed E-state index contributed by atoms with van der Waals surface area (Å²) in [5.41, 5.74) is 5.93. The van der Waals surface area contributed by atoms with Gasteiger partial charge in [0.2, 0.25) is 5.91 Å². The van der Waals surface area contributed by atoms with Crippen molar-refractivity contribution in [2.75, 3.05) is 14.1 Å². The number of hydrogen-bond donors (Lipinski definition) is 3. The average Bonchev–Trinajstić information content (AvgIpc) is 3.34. The maximum atomic E-state index is 11.9. The lowest BCUT2D eigenvalue weighted by Gasteiger charge is -2.44. The van der Waals surface area contributed by atoms with E-state index < -0.39 is 12.3 Å². The highest BCUT2D eigenvalue weighted by Gasteiger charge is 2.39. The number of alkyl halides is 3. The lowest BCUT2D eigenvalue weighted by Crippen LogP contribution is -2.48. The highest BCUT2D eigenvalue weighted by molar-refractivity contribution is 7.10. The molecule has 1 saturated carbocycles. The van der Waals surface area contributed by atoms with Gasteiger partial charge in [0.15, 0.2) is 0 Å². The zero-order valence-corrected chi connectivity index (χ0v) is 21.3. The number of carbonyl (C=O) groups excluding carboxylic acids is 1. The van der Waals surface area contributed by atoms with E-state index in [2.05, 4.69) is 46.6 Å². The molecule has 200 valence electrons. The molecule has 4 N–H and O–H groups in total. The first kappa shape index (κ1) is 29.6. The number of nitrogens with two attached hydrogens (primary N) is 1. The van der Waals surface area contributed by atoms with Crippen LogP contribution in [-0.2, 0) is 21.7 Å². The van der Waals surface area contributed by atoms with Crippen molar-refractivity contribution in [1.82, 2.24) is 10.2 Å². The number of carboxylic acids is 1. The number of carboxylic acid groups (broad SMARTS) is 1. The smallest absolute Gasteiger partial charge is 0.481 e. The summed E-state index contributed by atoms with van der Waals surface area (Å²) in [6, 6.07) is 10.1. The van der Waals surface area contributed by atoms with E-state index in [0.29, 0.717) is 18.4 Å². The number of halogens is 3. The summed E-state index contributed by atoms with van der Waals surface area (Å²) >= 11 is 1.80. The van der Waals surface area contributed by atoms with E-state index in [9.17, 15) is 22.8 Å². The van der Waals surface area contributed by atoms with Gasteiger partial charge in [-0.25, -0.2) is 0 Å². The van der Waals surface area contributed by atoms with Crippen LogP contribution in [0.15, 0.2) is 41.8 Å². The monoisotopic (exact) mass is 529 g/mol. The molecule has 0 atom stereocenters. The molecule has 1 aromatic heterocycles. The third-order valence-corrected chi connectivity index (χ3v) is 7.24. The van der Waals surface area contributed by atoms with Gasteiger partial charge in [0.25, 0.3) is 0 Å². The van der Waals surface area contributed by atoms with Crippen molar-refractivity contribution in [2.24, 2.45) is 5.73 Å². The average molecular weight is 530 g/mol. The number of rotatable bonds is 9. The number of nitrogens with one attached hydrogen (secondary N) is 1. The molecule has 1 aliphatic rings. The molecule has 1 aromatic carbocycles. The SMILES string of the molecule is CN(C)C1(c2cccs2)CCC(NC(=O)CCCC(=O)O)CC1.NCc1cccc(OC(F)(F)F)c1. The maximum absolute atomic E-state index is 11.9. The largest absolute Gasteiger partial charge is 0.573 e. The number of aliphatic carboxylic acids is 1. The van der Waals surface area contributed by atoms with Gasteiger partial charge in [-0.15, -0.1) is 24.5 Å². The number of carbonyl (C=O) groups is 2. The predicted molar refractivity (Wildman–Crippen MR) is 133 cm³/mol. The molecule has 2 aromatic rings. The lowest BCUT2D eigenvalue weighted by atomic mass is 9.77. The number of ether oxygens (including phenoxy) is 1. The summed E-state index contributed by atoms with van der Waals surface area (Å²) < 4.78 is 38.9. The van der Waals surface area contributed by atoms with Gasteiger partial charge in [-0.05, 0) is 75.3 Å². The van der Waals surface area contributed by atoms with E-state index in [-0.39, 0.29) is 36.2 Å². The van der Waals surface area contributed by atoms with Crippen LogP contribution in [0.25, 0.3) is 0 Å². The van der Waals surface area contributed by atoms with Crippen LogP contribution in [0.2, 0.25) is 0 Å². The van der Waals surface area contributed by atoms with Crippen LogP contribution in [0.3, 0.4) is 0 Å². The van der Waals surface area contributed by atoms with Gasteiger partial charge < -0.3 is 20.9 Å². The molecule has 11 heteroatoms. The Labute approximate surface area is 213 Å². The number of benzene rings is 1. The Morgan fingerprint density at radius 3 is 2.42 bits per heavy atom. The van der Waals surface area contributed by atoms with Crippen LogP contribution >= 0.6 is 11.3 Å². The minimum atomic E-state index is -4.65. The molecule has 1 aliphatic carbocycles. The molecule has 1 heterocycles. The second kappa shape index (κ2) is 13.6. The van der Waals surface area contributed by atoms with Crippen molar-refractivity contribution in [3.05, 3.63) is 52.2 Å². The first-order valence-corrected chi connectivity index (χ1v) is 12.6. The van der Waals surface area contributed by atoms with Gasteiger partial charge in [0.05, 0.1) is 5.54 Å². The van der Waals surface area contributed by atoms with Crippen molar-refractivity contribution >= 4 is 23.2 Å². The fourth-order valence-corrected chi connectivity index (χ4v) is 5.33. The van der Waals surface area contributed by atoms with Crippen LogP contribution in [0.1, 0.15) is 55.4 Å². The summed E-state index contributed by atoms with van der Waals surface area (Å²) in [5.74, 6) is -1.11. The molecule has 0 bridgehead atoms. The van der Waals surface area contributed by atoms with E-state index in [4.69, 9.17) is 10.8 Å². The minimum absolute atomic E-state index is 0.0234. The molecule has 1 amide bonds. The maximum Gasteiger partial charge on any atom is 0.573 e. The molecule has 3 rings (SSSR count). The van der Waals surface area contributed by atoms with Gasteiger partial charge in [0, 0.05) is 30.3 Å². The third kappa shape index (κ3) is 9.44. The number of thiophene rings is 1. The highest BCUT2D eigenvalue weighted by atomic mass is 32.1. The molecule has 0 unspecified atom stereocenters. The van der Waals surface area contributed by atoms with E-state index in [1.807, 2.05) is 0 Å². The molecular weight excluding hydrogens is 495 g/mol. The summed E-state index contributed by atoms with van der Waals surface area (Å²) in [6.07, 6.45) is 0.0906. The Balaban J connectivity index is 0.000000297. The fraction of sp³-hybridized carbons (Fsp3) is 0.520. The summed E-state index contributed by atoms with van der Waals surface area (Å²) in [6.45, 7) is 0.190. The van der Waals surface area contributed by atoms with Crippen molar-refractivity contribution in [3.63, 3.8) is 0 Å². The highest BCUT2D eigenvalue weighted by Crippen LogP contribution is 2.43. The van der Waals surface area contributed by atoms with E-state index >= 15 is 0 Å². The normalized spacial score (nSPS) is 19.8. The Bertz CT molecular complexity index is 960. The lowest BCUT2D eigenvalue weighted by molar-refractivity contribution is -0.274. The van der Waals surface area contributed by atoms with Crippen LogP contribution < -0.4 is 15.8 Å². The van der Waals surface area contributed by atoms with Gasteiger partial charge >= 0.3 is 12.3 Å². The van der Waals surface area contributed by atoms with Gasteiger partial charge in [-0.3, -0.25) is 14.5 Å². The Morgan fingerprint density at radius 1 is 1.19 bits per heavy atom. The van der Waals surface area contributed by atoms with Crippen molar-refractivity contribution in [1.29, 1.82) is 0 Å². The van der Waals surface area contributed by atoms with Crippen LogP contribution in [-0.4, -0.2) is 48.4 Å². The van der Waals surface area contributed by atoms with Crippen molar-refractivity contribution in [2.45, 2.75) is 69.4 Å². The number of hydrogen-bond acceptors (Lipinski definition) is 6. The molecule has 0 spiro atoms. The number of amides is 1. The molecule has 1 fully saturated rings. The quantitative estimate of drug-likeness (QED) is 0.429. The standard InChI is InChI=1S/C17H26N2O3S.C8H8F3NO/c1-19(2)17(14-5-4-12-23-14)10-8-13(9-11-17)18-15(20)6-3-7-16(21)22;9-8(10,11)13-7-3-1-2-6(4-7)5-12/h4-5,12-13H,3,6-11H2,1-2H3,(H,18,20)(H,21,22);1-4H,5,12H2. The van der Waals surface area contributed by atoms with Gasteiger partial charge in [0.1, 0.15) is 5.75 Å². The molecular formula is C25H34F3N3O4S. The van der Waals surface area contributed by atoms with E-state index in [0.717, 1.165) is 25.7 Å². The van der Waals surface area contributed by atoms with Gasteiger partial charge in [-0.2, -0.15) is 0 Å². The van der Waals surface area contributed by atoms with E-state index in [1.165, 1.54) is 23.1 Å². The molecule has 36 heavy (non-hydrogen) atoms. The fourth-order valence-electron chi connectivity index (χ4n) is 4.27. The van der Waals surface area contributed by atoms with Gasteiger partial charge in [-0.1, -0.05) is 18.2 Å². The van der Waals surface area contributed by atoms with Crippen LogP contribution in [0.4, 0.5) is 13.2 Å². The summed E-state index contributed by atoms with van der Waals surface area (Å²) in [4.78, 5) is 26.1. The third-order valence-electron chi connectivity index (χ3n) is 6.18. The second-order valence-corrected chi connectivity index (χ2v) is 9.84. The molecule has 0 saturated heterocycles. The molecule has 0 radical (unpaired) electrons. The number of nitrogens with zero attached hydrogens (tertiary/aromatic N) is 1. The predicted octanol–water partition coefficient (Wildman–Crippen LogP) is 4.86. The Hall–Kier alpha value is -2.63. The Morgan fingerprint density at radius 2 is 1.89 bits per heavy atom. The minimum Gasteiger partial charge on any atom is -0.481 e. The Kier molecular flexibility index (Phi) is 11.2. The zero-order chi connectivity index (χ0) is 26.8. The van der Waals surface area contributed by atoms with Crippen molar-refractivity contribution in [3.8, 4) is 5.75 Å². The topological polar surface area (TPSA) is 105 Å². The summed E-state index contributed by atoms with van der Waals surface area (Å²) in [5, 5.41) is 13.8. The van der Waals surface area contributed by atoms with Crippen LogP contribution in [0, 0.1) is 0 Å². The van der Waals surface area contributed by atoms with Crippen LogP contribution in [0.5, 0.6) is 5.75 Å². The first-order valence-electron chi connectivity index (χ1n) is 11.7. The van der Waals surface area contributed by atoms with E-state index in [1.54, 1.807) is 17.4 Å². The first-order chi connectivity index (χ1) is 16.9. The molecule has 0 aliphatic heterocycles. The van der Waals surface area contributed by atoms with Crippen molar-refractivity contribution < 1.29 is 32.6 Å².